The van der Waals surface area contributed by atoms with Gasteiger partial charge in [-0.2, -0.15) is 0 Å². The van der Waals surface area contributed by atoms with Crippen LogP contribution in [0.25, 0.3) is 0 Å². The van der Waals surface area contributed by atoms with E-state index in [1.165, 1.54) is 4.88 Å². The van der Waals surface area contributed by atoms with Gasteiger partial charge in [-0.1, -0.05) is 0 Å². The predicted molar refractivity (Wildman–Crippen MR) is 76.3 cm³/mol. The van der Waals surface area contributed by atoms with E-state index in [1.807, 2.05) is 6.07 Å². The maximum Gasteiger partial charge on any atom is 0.220 e. The van der Waals surface area contributed by atoms with E-state index in [-0.39, 0.29) is 5.91 Å². The number of rotatable bonds is 8. The van der Waals surface area contributed by atoms with Crippen LogP contribution in [0.5, 0.6) is 0 Å². The normalized spacial score (nSPS) is 10.5. The molecule has 0 saturated heterocycles. The van der Waals surface area contributed by atoms with Crippen molar-refractivity contribution in [1.82, 2.24) is 5.32 Å². The second-order valence-corrected chi connectivity index (χ2v) is 6.45. The predicted octanol–water partition coefficient (Wildman–Crippen LogP) is 2.69. The number of hydrogen-bond acceptors (Lipinski definition) is 3. The smallest absolute Gasteiger partial charge is 0.220 e. The molecular weight excluding hydrogens is 300 g/mol. The SMILES string of the molecule is NCCCCNC(=O)CCCc1ccc(Br)s1. The Kier molecular flexibility index (Phi) is 7.48. The van der Waals surface area contributed by atoms with E-state index in [0.29, 0.717) is 13.0 Å². The lowest BCUT2D eigenvalue weighted by molar-refractivity contribution is -0.121. The Morgan fingerprint density at radius 3 is 2.82 bits per heavy atom. The van der Waals surface area contributed by atoms with Gasteiger partial charge in [-0.25, -0.2) is 0 Å². The van der Waals surface area contributed by atoms with Crippen molar-refractivity contribution in [3.05, 3.63) is 20.8 Å². The van der Waals surface area contributed by atoms with Crippen LogP contribution in [-0.4, -0.2) is 19.0 Å². The van der Waals surface area contributed by atoms with Crippen LogP contribution in [0.2, 0.25) is 0 Å². The molecule has 0 spiro atoms. The molecule has 17 heavy (non-hydrogen) atoms. The minimum Gasteiger partial charge on any atom is -0.356 e. The molecular formula is C12H19BrN2OS. The molecule has 0 aliphatic carbocycles. The third kappa shape index (κ3) is 6.81. The second kappa shape index (κ2) is 8.66. The first-order valence-corrected chi connectivity index (χ1v) is 7.54. The number of carbonyl (C=O) groups excluding carboxylic acids is 1. The van der Waals surface area contributed by atoms with E-state index in [9.17, 15) is 4.79 Å². The van der Waals surface area contributed by atoms with Crippen molar-refractivity contribution < 1.29 is 4.79 Å². The molecule has 96 valence electrons. The Bertz CT molecular complexity index is 341. The maximum absolute atomic E-state index is 11.5. The highest BCUT2D eigenvalue weighted by atomic mass is 79.9. The van der Waals surface area contributed by atoms with Crippen molar-refractivity contribution in [2.45, 2.75) is 32.1 Å². The number of carbonyl (C=O) groups is 1. The highest BCUT2D eigenvalue weighted by molar-refractivity contribution is 9.11. The molecule has 0 unspecified atom stereocenters. The fourth-order valence-corrected chi connectivity index (χ4v) is 3.02. The van der Waals surface area contributed by atoms with Gasteiger partial charge in [0.25, 0.3) is 0 Å². The first-order valence-electron chi connectivity index (χ1n) is 5.93. The average molecular weight is 319 g/mol. The number of hydrogen-bond donors (Lipinski definition) is 2. The van der Waals surface area contributed by atoms with Gasteiger partial charge in [-0.15, -0.1) is 11.3 Å². The Morgan fingerprint density at radius 2 is 2.18 bits per heavy atom. The summed E-state index contributed by atoms with van der Waals surface area (Å²) in [5, 5.41) is 2.91. The number of unbranched alkanes of at least 4 members (excludes halogenated alkanes) is 1. The summed E-state index contributed by atoms with van der Waals surface area (Å²) in [6.07, 6.45) is 4.45. The Balaban J connectivity index is 2.04. The topological polar surface area (TPSA) is 55.1 Å². The molecule has 0 atom stereocenters. The molecule has 1 aromatic heterocycles. The van der Waals surface area contributed by atoms with Gasteiger partial charge in [-0.3, -0.25) is 4.79 Å². The zero-order valence-electron chi connectivity index (χ0n) is 9.88. The quantitative estimate of drug-likeness (QED) is 0.724. The van der Waals surface area contributed by atoms with Crippen molar-refractivity contribution in [2.24, 2.45) is 5.73 Å². The molecule has 3 N–H and O–H groups in total. The fourth-order valence-electron chi connectivity index (χ4n) is 1.49. The molecule has 1 aromatic rings. The molecule has 0 radical (unpaired) electrons. The maximum atomic E-state index is 11.5. The van der Waals surface area contributed by atoms with E-state index in [0.717, 1.165) is 36.0 Å². The molecule has 0 fully saturated rings. The van der Waals surface area contributed by atoms with E-state index < -0.39 is 0 Å². The van der Waals surface area contributed by atoms with Gasteiger partial charge >= 0.3 is 0 Å². The number of thiophene rings is 1. The summed E-state index contributed by atoms with van der Waals surface area (Å²) in [5.74, 6) is 0.151. The van der Waals surface area contributed by atoms with E-state index >= 15 is 0 Å². The zero-order valence-corrected chi connectivity index (χ0v) is 12.3. The number of aryl methyl sites for hydroxylation is 1. The van der Waals surface area contributed by atoms with Gasteiger partial charge in [0.05, 0.1) is 3.79 Å². The third-order valence-electron chi connectivity index (χ3n) is 2.41. The molecule has 1 heterocycles. The fraction of sp³-hybridized carbons (Fsp3) is 0.583. The Hall–Kier alpha value is -0.390. The summed E-state index contributed by atoms with van der Waals surface area (Å²) in [5.41, 5.74) is 5.38. The summed E-state index contributed by atoms with van der Waals surface area (Å²) in [6.45, 7) is 1.45. The highest BCUT2D eigenvalue weighted by Crippen LogP contribution is 2.23. The van der Waals surface area contributed by atoms with Crippen molar-refractivity contribution in [3.63, 3.8) is 0 Å². The standard InChI is InChI=1S/C12H19BrN2OS/c13-11-7-6-10(17-11)4-3-5-12(16)15-9-2-1-8-14/h6-7H,1-5,8-9,14H2,(H,15,16). The second-order valence-electron chi connectivity index (χ2n) is 3.91. The van der Waals surface area contributed by atoms with E-state index in [4.69, 9.17) is 5.73 Å². The summed E-state index contributed by atoms with van der Waals surface area (Å²) in [6, 6.07) is 4.15. The monoisotopic (exact) mass is 318 g/mol. The van der Waals surface area contributed by atoms with Crippen LogP contribution in [0.15, 0.2) is 15.9 Å². The van der Waals surface area contributed by atoms with Gasteiger partial charge in [-0.05, 0) is 60.3 Å². The van der Waals surface area contributed by atoms with Crippen LogP contribution >= 0.6 is 27.3 Å². The van der Waals surface area contributed by atoms with Crippen molar-refractivity contribution in [2.75, 3.05) is 13.1 Å². The van der Waals surface area contributed by atoms with Crippen molar-refractivity contribution in [1.29, 1.82) is 0 Å². The molecule has 5 heteroatoms. The van der Waals surface area contributed by atoms with Crippen molar-refractivity contribution >= 4 is 33.2 Å². The van der Waals surface area contributed by atoms with Gasteiger partial charge in [0, 0.05) is 17.8 Å². The van der Waals surface area contributed by atoms with Crippen LogP contribution in [0, 0.1) is 0 Å². The van der Waals surface area contributed by atoms with Crippen LogP contribution in [0.4, 0.5) is 0 Å². The van der Waals surface area contributed by atoms with E-state index in [1.54, 1.807) is 11.3 Å². The summed E-state index contributed by atoms with van der Waals surface area (Å²) in [4.78, 5) is 12.8. The molecule has 1 amide bonds. The first-order chi connectivity index (χ1) is 8.22. The average Bonchev–Trinajstić information content (AvgIpc) is 2.71. The Labute approximate surface area is 115 Å². The van der Waals surface area contributed by atoms with Crippen LogP contribution in [-0.2, 0) is 11.2 Å². The van der Waals surface area contributed by atoms with E-state index in [2.05, 4.69) is 27.3 Å². The Morgan fingerprint density at radius 1 is 1.35 bits per heavy atom. The summed E-state index contributed by atoms with van der Waals surface area (Å²) >= 11 is 5.17. The molecule has 0 bridgehead atoms. The lowest BCUT2D eigenvalue weighted by atomic mass is 10.2. The minimum atomic E-state index is 0.151. The number of nitrogens with one attached hydrogen (secondary N) is 1. The van der Waals surface area contributed by atoms with Crippen LogP contribution < -0.4 is 11.1 Å². The molecule has 0 aliphatic heterocycles. The highest BCUT2D eigenvalue weighted by Gasteiger charge is 2.02. The number of halogens is 1. The number of amides is 1. The molecule has 0 saturated carbocycles. The minimum absolute atomic E-state index is 0.151. The molecule has 0 aliphatic rings. The molecule has 3 nitrogen and oxygen atoms in total. The van der Waals surface area contributed by atoms with Crippen LogP contribution in [0.1, 0.15) is 30.6 Å². The zero-order chi connectivity index (χ0) is 12.5. The van der Waals surface area contributed by atoms with Crippen LogP contribution in [0.3, 0.4) is 0 Å². The lowest BCUT2D eigenvalue weighted by Crippen LogP contribution is -2.24. The summed E-state index contributed by atoms with van der Waals surface area (Å²) in [7, 11) is 0. The molecule has 1 rings (SSSR count). The van der Waals surface area contributed by atoms with Gasteiger partial charge < -0.3 is 11.1 Å². The lowest BCUT2D eigenvalue weighted by Gasteiger charge is -2.03. The third-order valence-corrected chi connectivity index (χ3v) is 4.09. The largest absolute Gasteiger partial charge is 0.356 e. The first kappa shape index (κ1) is 14.7. The summed E-state index contributed by atoms with van der Waals surface area (Å²) < 4.78 is 1.15. The van der Waals surface area contributed by atoms with Gasteiger partial charge in [0.2, 0.25) is 5.91 Å². The van der Waals surface area contributed by atoms with Gasteiger partial charge in [0.1, 0.15) is 0 Å². The number of nitrogens with two attached hydrogens (primary N) is 1. The molecule has 0 aromatic carbocycles. The van der Waals surface area contributed by atoms with Gasteiger partial charge in [0.15, 0.2) is 0 Å². The van der Waals surface area contributed by atoms with Crippen molar-refractivity contribution in [3.8, 4) is 0 Å².